The molecule has 0 aromatic heterocycles. The second-order valence-corrected chi connectivity index (χ2v) is 6.28. The number of hydrogen-bond donors (Lipinski definition) is 2. The number of carbonyl (C=O) groups is 1. The Balaban J connectivity index is 2.25. The summed E-state index contributed by atoms with van der Waals surface area (Å²) in [6, 6.07) is 7.79. The van der Waals surface area contributed by atoms with E-state index in [1.54, 1.807) is 0 Å². The number of nitrogens with one attached hydrogen (secondary N) is 1. The molecule has 6 nitrogen and oxygen atoms in total. The second-order valence-electron chi connectivity index (χ2n) is 5.08. The van der Waals surface area contributed by atoms with Gasteiger partial charge in [-0.1, -0.05) is 34.8 Å². The molecule has 1 unspecified atom stereocenters. The standard InChI is InChI=1S/C15H11Cl3N2O4/c1-15(22,8-2-4-10(5-3-8)20(23)24)14(21)19-9-6-11(16)13(18)12(17)7-9/h2-7,22H,1H3,(H,19,21). The van der Waals surface area contributed by atoms with Crippen LogP contribution in [0.5, 0.6) is 0 Å². The number of rotatable bonds is 4. The Morgan fingerprint density at radius 3 is 2.12 bits per heavy atom. The first-order chi connectivity index (χ1) is 11.1. The molecular weight excluding hydrogens is 379 g/mol. The third kappa shape index (κ3) is 3.79. The van der Waals surface area contributed by atoms with Gasteiger partial charge in [-0.2, -0.15) is 0 Å². The van der Waals surface area contributed by atoms with Crippen LogP contribution in [0.25, 0.3) is 0 Å². The summed E-state index contributed by atoms with van der Waals surface area (Å²) in [6.07, 6.45) is 0. The van der Waals surface area contributed by atoms with Crippen molar-refractivity contribution in [2.24, 2.45) is 0 Å². The maximum atomic E-state index is 12.3. The van der Waals surface area contributed by atoms with Crippen LogP contribution in [0.2, 0.25) is 15.1 Å². The van der Waals surface area contributed by atoms with Crippen molar-refractivity contribution in [2.45, 2.75) is 12.5 Å². The summed E-state index contributed by atoms with van der Waals surface area (Å²) < 4.78 is 0. The molecule has 2 aromatic carbocycles. The molecule has 2 N–H and O–H groups in total. The number of aliphatic hydroxyl groups is 1. The molecule has 1 amide bonds. The van der Waals surface area contributed by atoms with Crippen molar-refractivity contribution in [3.63, 3.8) is 0 Å². The average molecular weight is 390 g/mol. The zero-order valence-electron chi connectivity index (χ0n) is 12.2. The van der Waals surface area contributed by atoms with Crippen molar-refractivity contribution in [3.05, 3.63) is 67.1 Å². The number of non-ortho nitro benzene ring substituents is 1. The lowest BCUT2D eigenvalue weighted by Gasteiger charge is -2.23. The molecule has 2 rings (SSSR count). The Hall–Kier alpha value is -1.86. The van der Waals surface area contributed by atoms with E-state index < -0.39 is 16.4 Å². The van der Waals surface area contributed by atoms with Crippen LogP contribution in [0.4, 0.5) is 11.4 Å². The minimum atomic E-state index is -1.92. The van der Waals surface area contributed by atoms with Crippen LogP contribution in [0.15, 0.2) is 36.4 Å². The van der Waals surface area contributed by atoms with Crippen molar-refractivity contribution in [1.29, 1.82) is 0 Å². The van der Waals surface area contributed by atoms with E-state index in [1.807, 2.05) is 0 Å². The van der Waals surface area contributed by atoms with Gasteiger partial charge in [-0.25, -0.2) is 0 Å². The molecule has 0 aliphatic rings. The van der Waals surface area contributed by atoms with Gasteiger partial charge in [0.2, 0.25) is 0 Å². The normalized spacial score (nSPS) is 13.2. The number of anilines is 1. The van der Waals surface area contributed by atoms with Gasteiger partial charge >= 0.3 is 0 Å². The molecule has 0 fully saturated rings. The van der Waals surface area contributed by atoms with Gasteiger partial charge in [-0.3, -0.25) is 14.9 Å². The van der Waals surface area contributed by atoms with E-state index in [9.17, 15) is 20.0 Å². The van der Waals surface area contributed by atoms with E-state index in [1.165, 1.54) is 43.3 Å². The maximum Gasteiger partial charge on any atom is 0.269 e. The summed E-state index contributed by atoms with van der Waals surface area (Å²) in [4.78, 5) is 22.4. The number of amides is 1. The first-order valence-electron chi connectivity index (χ1n) is 6.56. The monoisotopic (exact) mass is 388 g/mol. The van der Waals surface area contributed by atoms with Crippen LogP contribution in [0, 0.1) is 10.1 Å². The van der Waals surface area contributed by atoms with Gasteiger partial charge in [0, 0.05) is 17.8 Å². The summed E-state index contributed by atoms with van der Waals surface area (Å²) in [7, 11) is 0. The van der Waals surface area contributed by atoms with Gasteiger partial charge in [0.25, 0.3) is 11.6 Å². The van der Waals surface area contributed by atoms with Crippen molar-refractivity contribution in [3.8, 4) is 0 Å². The molecule has 0 heterocycles. The number of carbonyl (C=O) groups excluding carboxylic acids is 1. The molecule has 0 saturated heterocycles. The summed E-state index contributed by atoms with van der Waals surface area (Å²) >= 11 is 17.6. The lowest BCUT2D eigenvalue weighted by molar-refractivity contribution is -0.384. The van der Waals surface area contributed by atoms with Crippen molar-refractivity contribution in [2.75, 3.05) is 5.32 Å². The van der Waals surface area contributed by atoms with Gasteiger partial charge in [0.05, 0.1) is 20.0 Å². The van der Waals surface area contributed by atoms with E-state index in [2.05, 4.69) is 5.32 Å². The summed E-state index contributed by atoms with van der Waals surface area (Å²) in [5.41, 5.74) is -1.63. The molecular formula is C15H11Cl3N2O4. The first kappa shape index (κ1) is 18.5. The summed E-state index contributed by atoms with van der Waals surface area (Å²) in [6.45, 7) is 1.27. The van der Waals surface area contributed by atoms with Crippen LogP contribution >= 0.6 is 34.8 Å². The predicted molar refractivity (Wildman–Crippen MR) is 92.8 cm³/mol. The smallest absolute Gasteiger partial charge is 0.269 e. The molecule has 0 saturated carbocycles. The lowest BCUT2D eigenvalue weighted by Crippen LogP contribution is -2.37. The molecule has 0 aliphatic heterocycles. The number of benzene rings is 2. The van der Waals surface area contributed by atoms with E-state index in [4.69, 9.17) is 34.8 Å². The van der Waals surface area contributed by atoms with Crippen LogP contribution in [0.3, 0.4) is 0 Å². The predicted octanol–water partition coefficient (Wildman–Crippen LogP) is 4.40. The largest absolute Gasteiger partial charge is 0.376 e. The number of nitro groups is 1. The number of nitrogens with zero attached hydrogens (tertiary/aromatic N) is 1. The van der Waals surface area contributed by atoms with E-state index >= 15 is 0 Å². The highest BCUT2D eigenvalue weighted by Gasteiger charge is 2.33. The average Bonchev–Trinajstić information content (AvgIpc) is 2.52. The highest BCUT2D eigenvalue weighted by molar-refractivity contribution is 6.48. The molecule has 0 radical (unpaired) electrons. The lowest BCUT2D eigenvalue weighted by atomic mass is 9.94. The molecule has 126 valence electrons. The first-order valence-corrected chi connectivity index (χ1v) is 7.69. The minimum Gasteiger partial charge on any atom is -0.376 e. The number of hydrogen-bond acceptors (Lipinski definition) is 4. The Labute approximate surface area is 152 Å². The van der Waals surface area contributed by atoms with Crippen LogP contribution in [-0.4, -0.2) is 15.9 Å². The van der Waals surface area contributed by atoms with Gasteiger partial charge < -0.3 is 10.4 Å². The van der Waals surface area contributed by atoms with Crippen LogP contribution in [0.1, 0.15) is 12.5 Å². The van der Waals surface area contributed by atoms with E-state index in [0.717, 1.165) is 0 Å². The summed E-state index contributed by atoms with van der Waals surface area (Å²) in [5, 5.41) is 24.0. The fourth-order valence-electron chi connectivity index (χ4n) is 1.92. The van der Waals surface area contributed by atoms with Crippen molar-refractivity contribution < 1.29 is 14.8 Å². The van der Waals surface area contributed by atoms with Crippen molar-refractivity contribution in [1.82, 2.24) is 0 Å². The molecule has 0 aliphatic carbocycles. The topological polar surface area (TPSA) is 92.5 Å². The fraction of sp³-hybridized carbons (Fsp3) is 0.133. The highest BCUT2D eigenvalue weighted by atomic mass is 35.5. The zero-order chi connectivity index (χ0) is 18.1. The molecule has 0 bridgehead atoms. The molecule has 1 atom stereocenters. The quantitative estimate of drug-likeness (QED) is 0.460. The Morgan fingerprint density at radius 2 is 1.67 bits per heavy atom. The SMILES string of the molecule is CC(O)(C(=O)Nc1cc(Cl)c(Cl)c(Cl)c1)c1ccc([N+](=O)[O-])cc1. The van der Waals surface area contributed by atoms with Crippen LogP contribution in [-0.2, 0) is 10.4 Å². The van der Waals surface area contributed by atoms with Gasteiger partial charge in [0.1, 0.15) is 0 Å². The van der Waals surface area contributed by atoms with Crippen molar-refractivity contribution >= 4 is 52.1 Å². The minimum absolute atomic E-state index is 0.147. The van der Waals surface area contributed by atoms with Crippen LogP contribution < -0.4 is 5.32 Å². The number of nitro benzene ring substituents is 1. The third-order valence-electron chi connectivity index (χ3n) is 3.32. The Bertz CT molecular complexity index is 784. The zero-order valence-corrected chi connectivity index (χ0v) is 14.5. The molecule has 9 heteroatoms. The highest BCUT2D eigenvalue weighted by Crippen LogP contribution is 2.34. The van der Waals surface area contributed by atoms with Gasteiger partial charge in [-0.15, -0.1) is 0 Å². The Morgan fingerprint density at radius 1 is 1.17 bits per heavy atom. The maximum absolute atomic E-state index is 12.3. The molecule has 2 aromatic rings. The molecule has 24 heavy (non-hydrogen) atoms. The fourth-order valence-corrected chi connectivity index (χ4v) is 2.52. The number of halogens is 3. The van der Waals surface area contributed by atoms with Gasteiger partial charge in [-0.05, 0) is 36.8 Å². The van der Waals surface area contributed by atoms with E-state index in [0.29, 0.717) is 0 Å². The molecule has 0 spiro atoms. The second kappa shape index (κ2) is 6.94. The Kier molecular flexibility index (Phi) is 5.35. The van der Waals surface area contributed by atoms with E-state index in [-0.39, 0.29) is 32.0 Å². The third-order valence-corrected chi connectivity index (χ3v) is 4.52. The van der Waals surface area contributed by atoms with Gasteiger partial charge in [0.15, 0.2) is 5.60 Å². The summed E-state index contributed by atoms with van der Waals surface area (Å²) in [5.74, 6) is -0.759.